The number of rotatable bonds is 8. The maximum Gasteiger partial charge on any atom is 0.310 e. The molecule has 1 heterocycles. The number of para-hydroxylation sites is 2. The van der Waals surface area contributed by atoms with E-state index < -0.39 is 11.0 Å². The van der Waals surface area contributed by atoms with Crippen molar-refractivity contribution < 1.29 is 24.3 Å². The highest BCUT2D eigenvalue weighted by atomic mass is 16.6. The summed E-state index contributed by atoms with van der Waals surface area (Å²) in [6.07, 6.45) is 0.645. The van der Waals surface area contributed by atoms with Crippen LogP contribution in [0.5, 0.6) is 5.75 Å². The highest BCUT2D eigenvalue weighted by molar-refractivity contribution is 5.72. The molecule has 1 aliphatic rings. The van der Waals surface area contributed by atoms with Gasteiger partial charge >= 0.3 is 11.7 Å². The lowest BCUT2D eigenvalue weighted by atomic mass is 9.97. The van der Waals surface area contributed by atoms with Crippen molar-refractivity contribution in [2.45, 2.75) is 25.9 Å². The smallest absolute Gasteiger partial charge is 0.310 e. The van der Waals surface area contributed by atoms with Crippen molar-refractivity contribution in [1.29, 1.82) is 0 Å². The minimum absolute atomic E-state index is 0.0251. The van der Waals surface area contributed by atoms with E-state index in [1.807, 2.05) is 0 Å². The van der Waals surface area contributed by atoms with Gasteiger partial charge in [-0.2, -0.15) is 0 Å². The number of carbonyl (C=O) groups is 1. The first kappa shape index (κ1) is 19.1. The highest BCUT2D eigenvalue weighted by Crippen LogP contribution is 2.26. The third kappa shape index (κ3) is 5.68. The molecule has 1 N–H and O–H groups in total. The summed E-state index contributed by atoms with van der Waals surface area (Å²) in [6, 6.07) is 6.08. The molecule has 0 unspecified atom stereocenters. The second-order valence-corrected chi connectivity index (χ2v) is 6.02. The van der Waals surface area contributed by atoms with E-state index >= 15 is 0 Å². The van der Waals surface area contributed by atoms with E-state index in [9.17, 15) is 20.0 Å². The molecule has 1 aromatic carbocycles. The van der Waals surface area contributed by atoms with Gasteiger partial charge in [-0.25, -0.2) is 0 Å². The lowest BCUT2D eigenvalue weighted by Crippen LogP contribution is -2.42. The first-order chi connectivity index (χ1) is 12.0. The van der Waals surface area contributed by atoms with Gasteiger partial charge in [0.1, 0.15) is 12.7 Å². The van der Waals surface area contributed by atoms with Crippen LogP contribution in [0.3, 0.4) is 0 Å². The van der Waals surface area contributed by atoms with Gasteiger partial charge in [-0.05, 0) is 38.9 Å². The molecule has 1 atom stereocenters. The molecule has 25 heavy (non-hydrogen) atoms. The number of benzene rings is 1. The predicted molar refractivity (Wildman–Crippen MR) is 90.4 cm³/mol. The van der Waals surface area contributed by atoms with Crippen LogP contribution in [-0.4, -0.2) is 59.9 Å². The lowest BCUT2D eigenvalue weighted by molar-refractivity contribution is -0.385. The number of likely N-dealkylation sites (tertiary alicyclic amines) is 1. The van der Waals surface area contributed by atoms with E-state index in [1.54, 1.807) is 19.1 Å². The topological polar surface area (TPSA) is 102 Å². The fourth-order valence-electron chi connectivity index (χ4n) is 2.88. The molecule has 1 aliphatic heterocycles. The summed E-state index contributed by atoms with van der Waals surface area (Å²) in [7, 11) is 0. The normalized spacial score (nSPS) is 17.0. The van der Waals surface area contributed by atoms with Crippen LogP contribution in [-0.2, 0) is 9.53 Å². The fourth-order valence-corrected chi connectivity index (χ4v) is 2.88. The van der Waals surface area contributed by atoms with Crippen molar-refractivity contribution >= 4 is 11.7 Å². The first-order valence-corrected chi connectivity index (χ1v) is 8.44. The standard InChI is InChI=1S/C17H24N2O6/c1-2-24-17(21)13-7-9-18(10-8-13)11-14(20)12-25-16-6-4-3-5-15(16)19(22)23/h3-6,13-14,20H,2,7-12H2,1H3/t14-/m0/s1. The fraction of sp³-hybridized carbons (Fsp3) is 0.588. The Morgan fingerprint density at radius 3 is 2.72 bits per heavy atom. The quantitative estimate of drug-likeness (QED) is 0.431. The van der Waals surface area contributed by atoms with Gasteiger partial charge in [0.15, 0.2) is 5.75 Å². The van der Waals surface area contributed by atoms with Crippen LogP contribution in [0.15, 0.2) is 24.3 Å². The third-order valence-corrected chi connectivity index (χ3v) is 4.17. The number of aliphatic hydroxyl groups is 1. The number of nitrogens with zero attached hydrogens (tertiary/aromatic N) is 2. The largest absolute Gasteiger partial charge is 0.484 e. The van der Waals surface area contributed by atoms with Crippen molar-refractivity contribution in [1.82, 2.24) is 4.90 Å². The minimum Gasteiger partial charge on any atom is -0.484 e. The van der Waals surface area contributed by atoms with Gasteiger partial charge in [0.05, 0.1) is 17.4 Å². The van der Waals surface area contributed by atoms with Crippen LogP contribution in [0.25, 0.3) is 0 Å². The summed E-state index contributed by atoms with van der Waals surface area (Å²) < 4.78 is 10.4. The Morgan fingerprint density at radius 1 is 1.40 bits per heavy atom. The molecule has 0 aromatic heterocycles. The van der Waals surface area contributed by atoms with Gasteiger partial charge in [0.2, 0.25) is 0 Å². The molecular weight excluding hydrogens is 328 g/mol. The predicted octanol–water partition coefficient (Wildman–Crippen LogP) is 1.61. The van der Waals surface area contributed by atoms with Crippen molar-refractivity contribution in [3.05, 3.63) is 34.4 Å². The number of β-amino-alcohol motifs (C(OH)–C–C–N with tert-alkyl or cyclic N) is 1. The number of hydrogen-bond acceptors (Lipinski definition) is 7. The lowest BCUT2D eigenvalue weighted by Gasteiger charge is -2.32. The molecule has 0 amide bonds. The summed E-state index contributed by atoms with van der Waals surface area (Å²) in [4.78, 5) is 24.2. The summed E-state index contributed by atoms with van der Waals surface area (Å²) in [5.41, 5.74) is -0.120. The van der Waals surface area contributed by atoms with E-state index in [1.165, 1.54) is 12.1 Å². The Labute approximate surface area is 146 Å². The molecule has 0 spiro atoms. The van der Waals surface area contributed by atoms with Crippen molar-refractivity contribution in [3.63, 3.8) is 0 Å². The van der Waals surface area contributed by atoms with Crippen LogP contribution in [0.2, 0.25) is 0 Å². The second-order valence-electron chi connectivity index (χ2n) is 6.02. The van der Waals surface area contributed by atoms with Crippen LogP contribution >= 0.6 is 0 Å². The molecule has 1 aromatic rings. The average molecular weight is 352 g/mol. The first-order valence-electron chi connectivity index (χ1n) is 8.44. The van der Waals surface area contributed by atoms with E-state index in [4.69, 9.17) is 9.47 Å². The number of aliphatic hydroxyl groups excluding tert-OH is 1. The number of esters is 1. The molecule has 0 aliphatic carbocycles. The molecule has 1 fully saturated rings. The number of hydrogen-bond donors (Lipinski definition) is 1. The van der Waals surface area contributed by atoms with Gasteiger partial charge in [-0.15, -0.1) is 0 Å². The van der Waals surface area contributed by atoms with Crippen molar-refractivity contribution in [2.24, 2.45) is 5.92 Å². The SMILES string of the molecule is CCOC(=O)C1CCN(C[C@H](O)COc2ccccc2[N+](=O)[O-])CC1. The second kappa shape index (κ2) is 9.33. The Hall–Kier alpha value is -2.19. The Balaban J connectivity index is 1.76. The van der Waals surface area contributed by atoms with Gasteiger partial charge in [0, 0.05) is 12.6 Å². The molecule has 0 radical (unpaired) electrons. The van der Waals surface area contributed by atoms with E-state index in [2.05, 4.69) is 4.90 Å². The monoisotopic (exact) mass is 352 g/mol. The molecule has 138 valence electrons. The van der Waals surface area contributed by atoms with E-state index in [0.717, 1.165) is 0 Å². The number of ether oxygens (including phenoxy) is 2. The molecular formula is C17H24N2O6. The molecule has 0 saturated carbocycles. The molecule has 8 nitrogen and oxygen atoms in total. The van der Waals surface area contributed by atoms with Crippen molar-refractivity contribution in [2.75, 3.05) is 32.8 Å². The summed E-state index contributed by atoms with van der Waals surface area (Å²) in [6.45, 7) is 3.96. The number of nitro groups is 1. The zero-order valence-electron chi connectivity index (χ0n) is 14.3. The summed E-state index contributed by atoms with van der Waals surface area (Å²) >= 11 is 0. The Bertz CT molecular complexity index is 586. The highest BCUT2D eigenvalue weighted by Gasteiger charge is 2.27. The van der Waals surface area contributed by atoms with Crippen molar-refractivity contribution in [3.8, 4) is 5.75 Å². The summed E-state index contributed by atoms with van der Waals surface area (Å²) in [5, 5.41) is 21.1. The van der Waals surface area contributed by atoms with Gasteiger partial charge < -0.3 is 19.5 Å². The van der Waals surface area contributed by atoms with Crippen LogP contribution < -0.4 is 4.74 Å². The average Bonchev–Trinajstić information content (AvgIpc) is 2.61. The zero-order valence-corrected chi connectivity index (χ0v) is 14.3. The van der Waals surface area contributed by atoms with Crippen LogP contribution in [0, 0.1) is 16.0 Å². The third-order valence-electron chi connectivity index (χ3n) is 4.17. The maximum atomic E-state index is 11.7. The number of nitro benzene ring substituents is 1. The number of piperidine rings is 1. The summed E-state index contributed by atoms with van der Waals surface area (Å²) in [5.74, 6) is -0.0773. The zero-order chi connectivity index (χ0) is 18.2. The maximum absolute atomic E-state index is 11.7. The number of carbonyl (C=O) groups excluding carboxylic acids is 1. The van der Waals surface area contributed by atoms with E-state index in [0.29, 0.717) is 39.1 Å². The molecule has 8 heteroatoms. The van der Waals surface area contributed by atoms with Gasteiger partial charge in [0.25, 0.3) is 0 Å². The van der Waals surface area contributed by atoms with Gasteiger partial charge in [-0.3, -0.25) is 14.9 Å². The Kier molecular flexibility index (Phi) is 7.15. The van der Waals surface area contributed by atoms with Crippen LogP contribution in [0.4, 0.5) is 5.69 Å². The van der Waals surface area contributed by atoms with E-state index in [-0.39, 0.29) is 29.9 Å². The van der Waals surface area contributed by atoms with Gasteiger partial charge in [-0.1, -0.05) is 12.1 Å². The molecule has 2 rings (SSSR count). The molecule has 1 saturated heterocycles. The molecule has 0 bridgehead atoms. The minimum atomic E-state index is -0.765. The van der Waals surface area contributed by atoms with Crippen LogP contribution in [0.1, 0.15) is 19.8 Å². The Morgan fingerprint density at radius 2 is 2.08 bits per heavy atom.